The summed E-state index contributed by atoms with van der Waals surface area (Å²) in [6.07, 6.45) is 3.39. The number of hydrogen-bond acceptors (Lipinski definition) is 5. The molecule has 5 nitrogen and oxygen atoms in total. The Morgan fingerprint density at radius 1 is 0.923 bits per heavy atom. The second-order valence-corrected chi connectivity index (χ2v) is 21.0. The van der Waals surface area contributed by atoms with Crippen LogP contribution in [-0.4, -0.2) is 50.6 Å². The van der Waals surface area contributed by atoms with Crippen molar-refractivity contribution in [1.82, 2.24) is 0 Å². The number of allylic oxidation sites excluding steroid dienone is 2. The zero-order valence-corrected chi connectivity index (χ0v) is 19.3. The van der Waals surface area contributed by atoms with Crippen LogP contribution in [0.1, 0.15) is 19.4 Å². The van der Waals surface area contributed by atoms with Crippen molar-refractivity contribution >= 4 is 35.9 Å². The molecule has 0 saturated heterocycles. The molecule has 0 amide bonds. The number of methoxy groups -OCH3 is 1. The van der Waals surface area contributed by atoms with E-state index in [-0.39, 0.29) is 12.6 Å². The van der Waals surface area contributed by atoms with E-state index < -0.39 is 24.3 Å². The zero-order chi connectivity index (χ0) is 19.7. The van der Waals surface area contributed by atoms with E-state index in [1.807, 2.05) is 0 Å². The molecule has 1 rings (SSSR count). The molecule has 0 aliphatic carbocycles. The monoisotopic (exact) mass is 468 g/mol. The van der Waals surface area contributed by atoms with Gasteiger partial charge in [-0.2, -0.15) is 0 Å². The number of ether oxygens (including phenoxy) is 3. The van der Waals surface area contributed by atoms with Gasteiger partial charge in [-0.3, -0.25) is 0 Å². The number of esters is 2. The van der Waals surface area contributed by atoms with Crippen LogP contribution >= 0.6 is 0 Å². The minimum absolute atomic E-state index is 0.277. The topological polar surface area (TPSA) is 61.8 Å². The number of benzene rings is 1. The summed E-state index contributed by atoms with van der Waals surface area (Å²) in [7, 11) is 1.59. The van der Waals surface area contributed by atoms with Gasteiger partial charge < -0.3 is 0 Å². The molecule has 26 heavy (non-hydrogen) atoms. The van der Waals surface area contributed by atoms with Crippen LogP contribution in [0.2, 0.25) is 14.8 Å². The Labute approximate surface area is 159 Å². The quantitative estimate of drug-likeness (QED) is 0.250. The molecule has 0 bridgehead atoms. The summed E-state index contributed by atoms with van der Waals surface area (Å²) in [4.78, 5) is 31.1. The molecule has 0 heterocycles. The molecule has 142 valence electrons. The third-order valence-electron chi connectivity index (χ3n) is 3.62. The van der Waals surface area contributed by atoms with Crippen molar-refractivity contribution in [2.75, 3.05) is 20.3 Å². The van der Waals surface area contributed by atoms with Crippen molar-refractivity contribution in [3.63, 3.8) is 0 Å². The molecule has 0 spiro atoms. The van der Waals surface area contributed by atoms with Gasteiger partial charge in [0.2, 0.25) is 0 Å². The van der Waals surface area contributed by atoms with Crippen LogP contribution in [0.4, 0.5) is 0 Å². The van der Waals surface area contributed by atoms with Crippen LogP contribution in [-0.2, 0) is 19.1 Å². The van der Waals surface area contributed by atoms with Crippen LogP contribution in [0.3, 0.4) is 0 Å². The van der Waals surface area contributed by atoms with E-state index >= 15 is 0 Å². The molecule has 0 aliphatic heterocycles. The van der Waals surface area contributed by atoms with Gasteiger partial charge in [0.1, 0.15) is 0 Å². The van der Waals surface area contributed by atoms with Crippen LogP contribution in [0.5, 0.6) is 5.75 Å². The Bertz CT molecular complexity index is 681. The Hall–Kier alpha value is -1.76. The first kappa shape index (κ1) is 22.3. The van der Waals surface area contributed by atoms with Crippen molar-refractivity contribution in [3.05, 3.63) is 45.6 Å². The second kappa shape index (κ2) is 10.4. The maximum absolute atomic E-state index is 12.4. The summed E-state index contributed by atoms with van der Waals surface area (Å²) in [5, 5.41) is 0. The second-order valence-electron chi connectivity index (χ2n) is 6.58. The fourth-order valence-corrected chi connectivity index (χ4v) is 5.88. The normalized spacial score (nSPS) is 12.5. The van der Waals surface area contributed by atoms with E-state index in [1.165, 1.54) is 0 Å². The summed E-state index contributed by atoms with van der Waals surface area (Å²) in [6.45, 7) is 4.14. The summed E-state index contributed by atoms with van der Waals surface area (Å²) in [5.74, 6) is -0.0307. The molecule has 0 atom stereocenters. The summed E-state index contributed by atoms with van der Waals surface area (Å²) < 4.78 is 16.2. The van der Waals surface area contributed by atoms with E-state index in [2.05, 4.69) is 14.8 Å². The molecule has 0 unspecified atom stereocenters. The third-order valence-corrected chi connectivity index (χ3v) is 9.29. The molecule has 1 aromatic carbocycles. The average Bonchev–Trinajstić information content (AvgIpc) is 2.58. The number of carbonyl (C=O) groups is 2. The van der Waals surface area contributed by atoms with Gasteiger partial charge in [-0.1, -0.05) is 0 Å². The van der Waals surface area contributed by atoms with Crippen LogP contribution in [0.25, 0.3) is 5.57 Å². The van der Waals surface area contributed by atoms with Gasteiger partial charge in [-0.25, -0.2) is 0 Å². The van der Waals surface area contributed by atoms with Crippen LogP contribution < -0.4 is 4.74 Å². The average molecular weight is 467 g/mol. The Balaban J connectivity index is 3.38. The maximum atomic E-state index is 12.4. The van der Waals surface area contributed by atoms with Crippen molar-refractivity contribution in [2.45, 2.75) is 28.7 Å². The van der Waals surface area contributed by atoms with Crippen molar-refractivity contribution in [1.29, 1.82) is 0 Å². The van der Waals surface area contributed by atoms with E-state index in [9.17, 15) is 9.59 Å². The van der Waals surface area contributed by atoms with E-state index in [0.717, 1.165) is 0 Å². The Morgan fingerprint density at radius 3 is 1.92 bits per heavy atom. The van der Waals surface area contributed by atoms with Gasteiger partial charge in [0.05, 0.1) is 0 Å². The standard InChI is InChI=1S/C17H19O5.3CH3.Sn/c1-4-21-16(18)8-6-7-15(17(19)22-5-2)13-9-11-14(20-3)12-10-13;;;;/h6-7,9-12H,4-5H2,1-3H3;3*1H3;/b8-6?,15-7+;;;;. The molecule has 0 aliphatic rings. The first-order valence-corrected chi connectivity index (χ1v) is 18.6. The van der Waals surface area contributed by atoms with Gasteiger partial charge in [0, 0.05) is 0 Å². The summed E-state index contributed by atoms with van der Waals surface area (Å²) in [5.41, 5.74) is 1.10. The summed E-state index contributed by atoms with van der Waals surface area (Å²) >= 11 is -2.73. The van der Waals surface area contributed by atoms with Crippen LogP contribution in [0.15, 0.2) is 40.0 Å². The molecule has 1 aromatic rings. The molecular weight excluding hydrogens is 439 g/mol. The van der Waals surface area contributed by atoms with E-state index in [1.54, 1.807) is 57.4 Å². The van der Waals surface area contributed by atoms with Gasteiger partial charge in [-0.05, 0) is 0 Å². The minimum atomic E-state index is -2.73. The summed E-state index contributed by atoms with van der Waals surface area (Å²) in [6, 6.07) is 7.14. The first-order chi connectivity index (χ1) is 12.2. The van der Waals surface area contributed by atoms with Gasteiger partial charge in [0.25, 0.3) is 0 Å². The predicted molar refractivity (Wildman–Crippen MR) is 106 cm³/mol. The van der Waals surface area contributed by atoms with Gasteiger partial charge in [0.15, 0.2) is 0 Å². The molecule has 0 radical (unpaired) electrons. The molecule has 0 fully saturated rings. The third kappa shape index (κ3) is 6.52. The van der Waals surface area contributed by atoms with Gasteiger partial charge in [-0.15, -0.1) is 0 Å². The fourth-order valence-electron chi connectivity index (χ4n) is 2.26. The number of hydrogen-bond donors (Lipinski definition) is 0. The Kier molecular flexibility index (Phi) is 8.91. The van der Waals surface area contributed by atoms with Crippen molar-refractivity contribution in [2.24, 2.45) is 0 Å². The molecule has 0 aromatic heterocycles. The van der Waals surface area contributed by atoms with Gasteiger partial charge >= 0.3 is 160 Å². The zero-order valence-electron chi connectivity index (χ0n) is 16.4. The predicted octanol–water partition coefficient (Wildman–Crippen LogP) is 4.01. The molecule has 0 N–H and O–H groups in total. The van der Waals surface area contributed by atoms with Crippen molar-refractivity contribution in [3.8, 4) is 5.75 Å². The molecule has 0 saturated carbocycles. The molecular formula is C20H28O5Sn. The number of rotatable bonds is 8. The molecule has 6 heteroatoms. The van der Waals surface area contributed by atoms with Crippen LogP contribution in [0, 0.1) is 0 Å². The SMILES string of the molecule is CCOC(=O)/[C](=C/C=C(/C(=O)OCC)c1ccc(OC)cc1)[Sn]([CH3])([CH3])[CH3]. The fraction of sp³-hybridized carbons (Fsp3) is 0.400. The van der Waals surface area contributed by atoms with Crippen molar-refractivity contribution < 1.29 is 23.8 Å². The Morgan fingerprint density at radius 2 is 1.46 bits per heavy atom. The van der Waals surface area contributed by atoms with E-state index in [0.29, 0.717) is 27.1 Å². The van der Waals surface area contributed by atoms with E-state index in [4.69, 9.17) is 14.2 Å². The number of carbonyl (C=O) groups excluding carboxylic acids is 2. The first-order valence-electron chi connectivity index (χ1n) is 8.65.